The van der Waals surface area contributed by atoms with Crippen LogP contribution in [0.2, 0.25) is 0 Å². The van der Waals surface area contributed by atoms with E-state index in [0.717, 1.165) is 50.5 Å². The predicted octanol–water partition coefficient (Wildman–Crippen LogP) is 3.15. The van der Waals surface area contributed by atoms with Crippen molar-refractivity contribution in [3.8, 4) is 0 Å². The second-order valence-corrected chi connectivity index (χ2v) is 11.5. The van der Waals surface area contributed by atoms with E-state index in [1.54, 1.807) is 0 Å². The molecule has 0 bridgehead atoms. The molecule has 4 saturated carbocycles. The highest BCUT2D eigenvalue weighted by Crippen LogP contribution is 2.70. The summed E-state index contributed by atoms with van der Waals surface area (Å²) in [5, 5.41) is 23.3. The summed E-state index contributed by atoms with van der Waals surface area (Å²) in [4.78, 5) is 23.2. The lowest BCUT2D eigenvalue weighted by molar-refractivity contribution is -0.210. The number of aliphatic hydroxyl groups is 2. The molecule has 0 spiro atoms. The highest BCUT2D eigenvalue weighted by atomic mass is 16.5. The summed E-state index contributed by atoms with van der Waals surface area (Å²) in [5.41, 5.74) is -0.416. The van der Waals surface area contributed by atoms with Crippen LogP contribution in [0.4, 0.5) is 0 Å². The first-order chi connectivity index (χ1) is 14.6. The number of carbonyl (C=O) groups is 2. The standard InChI is InChI=1S/C25H36O6/c1-14(26)31-17-6-8-23(2)16(11-17)4-5-19-18(23)7-9-24(3)22(15-10-21(28)30-13-15)20(27)12-25(19,24)29/h10,16-20,22,27,29H,4-9,11-13H2,1-3H3/t16-,17+,18+,19-,20+,22+,23+,24-,25+/m1/s1. The maximum absolute atomic E-state index is 12.2. The van der Waals surface area contributed by atoms with Gasteiger partial charge >= 0.3 is 11.9 Å². The Labute approximate surface area is 184 Å². The zero-order chi connectivity index (χ0) is 22.2. The molecule has 0 unspecified atom stereocenters. The summed E-state index contributed by atoms with van der Waals surface area (Å²) in [6.07, 6.45) is 7.94. The lowest BCUT2D eigenvalue weighted by atomic mass is 9.43. The Balaban J connectivity index is 1.43. The first-order valence-corrected chi connectivity index (χ1v) is 12.0. The van der Waals surface area contributed by atoms with Gasteiger partial charge in [-0.05, 0) is 73.7 Å². The van der Waals surface area contributed by atoms with Gasteiger partial charge in [0.2, 0.25) is 0 Å². The molecule has 4 fully saturated rings. The first kappa shape index (κ1) is 21.4. The van der Waals surface area contributed by atoms with Gasteiger partial charge in [-0.2, -0.15) is 0 Å². The third-order valence-electron chi connectivity index (χ3n) is 10.2. The molecule has 9 atom stereocenters. The van der Waals surface area contributed by atoms with E-state index in [0.29, 0.717) is 18.3 Å². The van der Waals surface area contributed by atoms with Crippen LogP contribution in [-0.4, -0.2) is 46.6 Å². The Bertz CT molecular complexity index is 821. The lowest BCUT2D eigenvalue weighted by Gasteiger charge is -2.63. The molecule has 2 N–H and O–H groups in total. The minimum absolute atomic E-state index is 0.0218. The molecule has 1 aliphatic heterocycles. The Hall–Kier alpha value is -1.40. The highest BCUT2D eigenvalue weighted by molar-refractivity contribution is 5.85. The van der Waals surface area contributed by atoms with Crippen LogP contribution in [-0.2, 0) is 19.1 Å². The number of hydrogen-bond acceptors (Lipinski definition) is 6. The van der Waals surface area contributed by atoms with E-state index < -0.39 is 17.1 Å². The van der Waals surface area contributed by atoms with Crippen molar-refractivity contribution in [1.82, 2.24) is 0 Å². The first-order valence-electron chi connectivity index (χ1n) is 12.0. The van der Waals surface area contributed by atoms with Gasteiger partial charge in [-0.1, -0.05) is 13.8 Å². The average molecular weight is 433 g/mol. The fraction of sp³-hybridized carbons (Fsp3) is 0.840. The molecule has 0 aromatic heterocycles. The van der Waals surface area contributed by atoms with E-state index in [-0.39, 0.29) is 41.9 Å². The molecule has 4 aliphatic carbocycles. The SMILES string of the molecule is CC(=O)O[C@H]1CC[C@@]2(C)[C@H](CC[C@@H]3[C@@H]2CC[C@]2(C)[C@@H](C4=CC(=O)OC4)[C@@H](O)C[C@]32O)C1. The van der Waals surface area contributed by atoms with Crippen LogP contribution in [0.1, 0.15) is 72.1 Å². The second-order valence-electron chi connectivity index (χ2n) is 11.5. The monoisotopic (exact) mass is 432 g/mol. The van der Waals surface area contributed by atoms with Crippen molar-refractivity contribution >= 4 is 11.9 Å². The zero-order valence-corrected chi connectivity index (χ0v) is 18.9. The van der Waals surface area contributed by atoms with E-state index in [1.165, 1.54) is 13.0 Å². The minimum Gasteiger partial charge on any atom is -0.463 e. The normalized spacial score (nSPS) is 51.3. The highest BCUT2D eigenvalue weighted by Gasteiger charge is 2.70. The number of cyclic esters (lactones) is 1. The van der Waals surface area contributed by atoms with Crippen molar-refractivity contribution in [2.75, 3.05) is 6.61 Å². The molecule has 5 rings (SSSR count). The molecule has 5 aliphatic rings. The smallest absolute Gasteiger partial charge is 0.331 e. The van der Waals surface area contributed by atoms with Gasteiger partial charge in [-0.25, -0.2) is 4.79 Å². The van der Waals surface area contributed by atoms with Gasteiger partial charge in [0.25, 0.3) is 0 Å². The van der Waals surface area contributed by atoms with E-state index in [1.807, 2.05) is 0 Å². The number of rotatable bonds is 2. The Kier molecular flexibility index (Phi) is 4.88. The molecule has 0 amide bonds. The largest absolute Gasteiger partial charge is 0.463 e. The topological polar surface area (TPSA) is 93.1 Å². The zero-order valence-electron chi connectivity index (χ0n) is 18.9. The quantitative estimate of drug-likeness (QED) is 0.651. The van der Waals surface area contributed by atoms with Gasteiger partial charge in [-0.3, -0.25) is 4.79 Å². The third kappa shape index (κ3) is 2.97. The number of hydrogen-bond donors (Lipinski definition) is 2. The van der Waals surface area contributed by atoms with Crippen molar-refractivity contribution in [3.63, 3.8) is 0 Å². The van der Waals surface area contributed by atoms with Crippen molar-refractivity contribution < 1.29 is 29.3 Å². The van der Waals surface area contributed by atoms with Crippen LogP contribution in [0.15, 0.2) is 11.6 Å². The third-order valence-corrected chi connectivity index (χ3v) is 10.2. The molecular weight excluding hydrogens is 396 g/mol. The summed E-state index contributed by atoms with van der Waals surface area (Å²) in [7, 11) is 0. The van der Waals surface area contributed by atoms with Crippen LogP contribution in [0.5, 0.6) is 0 Å². The molecule has 172 valence electrons. The minimum atomic E-state index is -0.937. The van der Waals surface area contributed by atoms with Crippen molar-refractivity contribution in [1.29, 1.82) is 0 Å². The van der Waals surface area contributed by atoms with Gasteiger partial charge in [0, 0.05) is 30.8 Å². The van der Waals surface area contributed by atoms with Gasteiger partial charge in [0.1, 0.15) is 12.7 Å². The maximum atomic E-state index is 12.2. The van der Waals surface area contributed by atoms with E-state index in [4.69, 9.17) is 9.47 Å². The predicted molar refractivity (Wildman–Crippen MR) is 113 cm³/mol. The second kappa shape index (κ2) is 7.05. The molecule has 6 heteroatoms. The van der Waals surface area contributed by atoms with E-state index in [2.05, 4.69) is 13.8 Å². The summed E-state index contributed by atoms with van der Waals surface area (Å²) >= 11 is 0. The molecule has 31 heavy (non-hydrogen) atoms. The van der Waals surface area contributed by atoms with E-state index >= 15 is 0 Å². The van der Waals surface area contributed by atoms with E-state index in [9.17, 15) is 19.8 Å². The number of aliphatic hydroxyl groups excluding tert-OH is 1. The van der Waals surface area contributed by atoms with Crippen LogP contribution < -0.4 is 0 Å². The molecule has 0 radical (unpaired) electrons. The van der Waals surface area contributed by atoms with Gasteiger partial charge in [0.15, 0.2) is 0 Å². The number of esters is 2. The fourth-order valence-corrected chi connectivity index (χ4v) is 8.79. The molecule has 0 aromatic rings. The molecule has 0 aromatic carbocycles. The number of ether oxygens (including phenoxy) is 2. The molecule has 0 saturated heterocycles. The summed E-state index contributed by atoms with van der Waals surface area (Å²) < 4.78 is 10.7. The Morgan fingerprint density at radius 3 is 2.61 bits per heavy atom. The van der Waals surface area contributed by atoms with Crippen LogP contribution in [0, 0.1) is 34.5 Å². The summed E-state index contributed by atoms with van der Waals surface area (Å²) in [6.45, 7) is 6.24. The average Bonchev–Trinajstić information content (AvgIpc) is 3.18. The van der Waals surface area contributed by atoms with Crippen LogP contribution >= 0.6 is 0 Å². The summed E-state index contributed by atoms with van der Waals surface area (Å²) in [5.74, 6) is 0.299. The van der Waals surface area contributed by atoms with Crippen molar-refractivity contribution in [3.05, 3.63) is 11.6 Å². The Morgan fingerprint density at radius 2 is 1.94 bits per heavy atom. The van der Waals surface area contributed by atoms with Crippen molar-refractivity contribution in [2.24, 2.45) is 34.5 Å². The Morgan fingerprint density at radius 1 is 1.16 bits per heavy atom. The maximum Gasteiger partial charge on any atom is 0.331 e. The number of carbonyl (C=O) groups excluding carboxylic acids is 2. The molecule has 6 nitrogen and oxygen atoms in total. The van der Waals surface area contributed by atoms with Gasteiger partial charge < -0.3 is 19.7 Å². The van der Waals surface area contributed by atoms with Crippen LogP contribution in [0.25, 0.3) is 0 Å². The van der Waals surface area contributed by atoms with Crippen LogP contribution in [0.3, 0.4) is 0 Å². The molecular formula is C25H36O6. The summed E-state index contributed by atoms with van der Waals surface area (Å²) in [6, 6.07) is 0. The molecule has 1 heterocycles. The van der Waals surface area contributed by atoms with Gasteiger partial charge in [0.05, 0.1) is 11.7 Å². The lowest BCUT2D eigenvalue weighted by Crippen LogP contribution is -2.62. The van der Waals surface area contributed by atoms with Crippen molar-refractivity contribution in [2.45, 2.75) is 89.9 Å². The fourth-order valence-electron chi connectivity index (χ4n) is 8.79. The number of fused-ring (bicyclic) bond motifs is 5. The van der Waals surface area contributed by atoms with Gasteiger partial charge in [-0.15, -0.1) is 0 Å².